The van der Waals surface area contributed by atoms with E-state index in [0.29, 0.717) is 6.42 Å². The van der Waals surface area contributed by atoms with Gasteiger partial charge in [0.15, 0.2) is 0 Å². The molecule has 0 aromatic heterocycles. The van der Waals surface area contributed by atoms with Gasteiger partial charge in [-0.25, -0.2) is 4.18 Å². The molecule has 0 aromatic rings. The number of unbranched alkanes of at least 4 members (excludes halogenated alkanes) is 6. The van der Waals surface area contributed by atoms with Crippen LogP contribution >= 0.6 is 0 Å². The van der Waals surface area contributed by atoms with Crippen LogP contribution in [0, 0.1) is 0 Å². The highest BCUT2D eigenvalue weighted by molar-refractivity contribution is 7.81. The van der Waals surface area contributed by atoms with Gasteiger partial charge in [-0.05, 0) is 6.42 Å². The third kappa shape index (κ3) is 11.8. The van der Waals surface area contributed by atoms with Gasteiger partial charge in [-0.1, -0.05) is 49.3 Å². The van der Waals surface area contributed by atoms with Crippen LogP contribution in [0.2, 0.25) is 0 Å². The Balaban J connectivity index is 3.07. The molecule has 0 aliphatic carbocycles. The van der Waals surface area contributed by atoms with Gasteiger partial charge in [-0.3, -0.25) is 0 Å². The van der Waals surface area contributed by atoms with Crippen molar-refractivity contribution in [3.63, 3.8) is 0 Å². The molecule has 3 nitrogen and oxygen atoms in total. The Morgan fingerprint density at radius 1 is 1.00 bits per heavy atom. The van der Waals surface area contributed by atoms with E-state index in [0.717, 1.165) is 19.3 Å². The Kier molecular flexibility index (Phi) is 8.08. The Morgan fingerprint density at radius 3 is 2.00 bits per heavy atom. The Labute approximate surface area is 86.1 Å². The topological polar surface area (TPSA) is 43.4 Å². The predicted molar refractivity (Wildman–Crippen MR) is 54.0 cm³/mol. The van der Waals surface area contributed by atoms with Crippen molar-refractivity contribution >= 4 is 10.5 Å². The van der Waals surface area contributed by atoms with Crippen LogP contribution in [0.4, 0.5) is 3.89 Å². The summed E-state index contributed by atoms with van der Waals surface area (Å²) in [6, 6.07) is 0. The number of halogens is 1. The minimum absolute atomic E-state index is 0.0351. The van der Waals surface area contributed by atoms with E-state index in [1.165, 1.54) is 19.3 Å². The number of rotatable bonds is 9. The lowest BCUT2D eigenvalue weighted by Gasteiger charge is -2.00. The summed E-state index contributed by atoms with van der Waals surface area (Å²) in [5, 5.41) is 0. The highest BCUT2D eigenvalue weighted by Gasteiger charge is 2.05. The molecule has 0 fully saturated rings. The quantitative estimate of drug-likeness (QED) is 0.448. The maximum Gasteiger partial charge on any atom is 0.437 e. The van der Waals surface area contributed by atoms with Gasteiger partial charge < -0.3 is 0 Å². The van der Waals surface area contributed by atoms with E-state index in [4.69, 9.17) is 0 Å². The molecule has 0 spiro atoms. The normalized spacial score (nSPS) is 11.9. The SMILES string of the molecule is CCCCCCCCCOS(=O)(=O)F. The van der Waals surface area contributed by atoms with Gasteiger partial charge in [0.25, 0.3) is 0 Å². The zero-order chi connectivity index (χ0) is 10.9. The molecule has 0 atom stereocenters. The number of hydrogen-bond donors (Lipinski definition) is 0. The lowest BCUT2D eigenvalue weighted by Crippen LogP contribution is -1.99. The molecule has 0 N–H and O–H groups in total. The third-order valence-corrected chi connectivity index (χ3v) is 2.42. The van der Waals surface area contributed by atoms with E-state index in [9.17, 15) is 12.3 Å². The van der Waals surface area contributed by atoms with Crippen molar-refractivity contribution in [2.75, 3.05) is 6.61 Å². The van der Waals surface area contributed by atoms with Crippen LogP contribution in [-0.2, 0) is 14.7 Å². The average Bonchev–Trinajstić information content (AvgIpc) is 2.08. The van der Waals surface area contributed by atoms with Gasteiger partial charge in [-0.2, -0.15) is 8.42 Å². The van der Waals surface area contributed by atoms with Crippen molar-refractivity contribution in [3.8, 4) is 0 Å². The van der Waals surface area contributed by atoms with E-state index < -0.39 is 10.5 Å². The first-order valence-electron chi connectivity index (χ1n) is 5.15. The second kappa shape index (κ2) is 8.17. The highest BCUT2D eigenvalue weighted by Crippen LogP contribution is 2.07. The molecular weight excluding hydrogens is 207 g/mol. The van der Waals surface area contributed by atoms with Crippen molar-refractivity contribution in [1.29, 1.82) is 0 Å². The van der Waals surface area contributed by atoms with Crippen molar-refractivity contribution in [2.45, 2.75) is 51.9 Å². The summed E-state index contributed by atoms with van der Waals surface area (Å²) in [5.74, 6) is 0. The van der Waals surface area contributed by atoms with Gasteiger partial charge in [0, 0.05) is 0 Å². The fourth-order valence-electron chi connectivity index (χ4n) is 1.22. The van der Waals surface area contributed by atoms with Gasteiger partial charge in [-0.15, -0.1) is 0 Å². The monoisotopic (exact) mass is 226 g/mol. The van der Waals surface area contributed by atoms with Crippen LogP contribution in [0.5, 0.6) is 0 Å². The molecule has 0 radical (unpaired) electrons. The zero-order valence-corrected chi connectivity index (χ0v) is 9.48. The molecule has 0 aliphatic heterocycles. The minimum atomic E-state index is -4.73. The van der Waals surface area contributed by atoms with Crippen LogP contribution in [0.1, 0.15) is 51.9 Å². The maximum atomic E-state index is 11.8. The summed E-state index contributed by atoms with van der Waals surface area (Å²) < 4.78 is 35.6. The second-order valence-corrected chi connectivity index (χ2v) is 4.36. The molecule has 5 heteroatoms. The molecule has 0 bridgehead atoms. The van der Waals surface area contributed by atoms with Gasteiger partial charge in [0.2, 0.25) is 0 Å². The summed E-state index contributed by atoms with van der Waals surface area (Å²) in [7, 11) is -4.73. The fourth-order valence-corrected chi connectivity index (χ4v) is 1.53. The van der Waals surface area contributed by atoms with Gasteiger partial charge in [0.1, 0.15) is 0 Å². The summed E-state index contributed by atoms with van der Waals surface area (Å²) >= 11 is 0. The van der Waals surface area contributed by atoms with E-state index in [-0.39, 0.29) is 6.61 Å². The Bertz CT molecular complexity index is 214. The summed E-state index contributed by atoms with van der Waals surface area (Å²) in [6.45, 7) is 2.12. The first-order chi connectivity index (χ1) is 6.56. The molecule has 0 saturated carbocycles. The van der Waals surface area contributed by atoms with Crippen LogP contribution in [0.15, 0.2) is 0 Å². The second-order valence-electron chi connectivity index (χ2n) is 3.34. The van der Waals surface area contributed by atoms with Gasteiger partial charge >= 0.3 is 10.5 Å². The standard InChI is InChI=1S/C9H19FO3S/c1-2-3-4-5-6-7-8-9-13-14(10,11)12/h2-9H2,1H3. The van der Waals surface area contributed by atoms with Crippen LogP contribution in [-0.4, -0.2) is 15.0 Å². The van der Waals surface area contributed by atoms with E-state index in [1.54, 1.807) is 0 Å². The van der Waals surface area contributed by atoms with Crippen LogP contribution in [0.3, 0.4) is 0 Å². The average molecular weight is 226 g/mol. The molecular formula is C9H19FO3S. The zero-order valence-electron chi connectivity index (χ0n) is 8.67. The maximum absolute atomic E-state index is 11.8. The van der Waals surface area contributed by atoms with Crippen LogP contribution in [0.25, 0.3) is 0 Å². The largest absolute Gasteiger partial charge is 0.437 e. The van der Waals surface area contributed by atoms with Crippen molar-refractivity contribution < 1.29 is 16.5 Å². The molecule has 0 saturated heterocycles. The Morgan fingerprint density at radius 2 is 1.50 bits per heavy atom. The molecule has 0 aromatic carbocycles. The number of hydrogen-bond acceptors (Lipinski definition) is 3. The van der Waals surface area contributed by atoms with E-state index >= 15 is 0 Å². The van der Waals surface area contributed by atoms with Crippen molar-refractivity contribution in [1.82, 2.24) is 0 Å². The minimum Gasteiger partial charge on any atom is -0.245 e. The summed E-state index contributed by atoms with van der Waals surface area (Å²) in [5.41, 5.74) is 0. The molecule has 14 heavy (non-hydrogen) atoms. The lowest BCUT2D eigenvalue weighted by molar-refractivity contribution is 0.284. The highest BCUT2D eigenvalue weighted by atomic mass is 32.3. The molecule has 86 valence electrons. The van der Waals surface area contributed by atoms with Gasteiger partial charge in [0.05, 0.1) is 6.61 Å². The molecule has 0 unspecified atom stereocenters. The van der Waals surface area contributed by atoms with Crippen molar-refractivity contribution in [3.05, 3.63) is 0 Å². The van der Waals surface area contributed by atoms with E-state index in [2.05, 4.69) is 11.1 Å². The fraction of sp³-hybridized carbons (Fsp3) is 1.00. The smallest absolute Gasteiger partial charge is 0.245 e. The summed E-state index contributed by atoms with van der Waals surface area (Å²) in [4.78, 5) is 0. The first-order valence-corrected chi connectivity index (χ1v) is 6.46. The molecule has 0 rings (SSSR count). The molecule has 0 aliphatic rings. The van der Waals surface area contributed by atoms with Crippen molar-refractivity contribution in [2.24, 2.45) is 0 Å². The lowest BCUT2D eigenvalue weighted by atomic mass is 10.1. The van der Waals surface area contributed by atoms with E-state index in [1.807, 2.05) is 0 Å². The summed E-state index contributed by atoms with van der Waals surface area (Å²) in [6.07, 6.45) is 7.41. The Hall–Kier alpha value is -0.160. The first kappa shape index (κ1) is 13.8. The third-order valence-electron chi connectivity index (χ3n) is 1.97. The van der Waals surface area contributed by atoms with Crippen LogP contribution < -0.4 is 0 Å². The molecule has 0 heterocycles. The molecule has 0 amide bonds. The predicted octanol–water partition coefficient (Wildman–Crippen LogP) is 2.97.